The van der Waals surface area contributed by atoms with Crippen molar-refractivity contribution in [1.82, 2.24) is 39.6 Å². The Morgan fingerprint density at radius 2 is 2.02 bits per heavy atom. The van der Waals surface area contributed by atoms with Crippen LogP contribution in [-0.2, 0) is 24.9 Å². The third kappa shape index (κ3) is 5.46. The maximum absolute atomic E-state index is 10.1. The van der Waals surface area contributed by atoms with Crippen LogP contribution in [0.3, 0.4) is 0 Å². The molecule has 2 atom stereocenters. The molecule has 0 saturated carbocycles. The molecule has 12 heteroatoms. The van der Waals surface area contributed by atoms with Gasteiger partial charge in [0.15, 0.2) is 5.65 Å². The van der Waals surface area contributed by atoms with Crippen LogP contribution in [0.5, 0.6) is 11.8 Å². The number of hydrogen-bond acceptors (Lipinski definition) is 9. The van der Waals surface area contributed by atoms with E-state index in [1.54, 1.807) is 18.0 Å². The van der Waals surface area contributed by atoms with Crippen LogP contribution in [-0.4, -0.2) is 83.8 Å². The predicted molar refractivity (Wildman–Crippen MR) is 157 cm³/mol. The Morgan fingerprint density at radius 3 is 2.73 bits per heavy atom. The third-order valence-electron chi connectivity index (χ3n) is 7.49. The van der Waals surface area contributed by atoms with Gasteiger partial charge in [-0.15, -0.1) is 5.10 Å². The zero-order valence-corrected chi connectivity index (χ0v) is 24.9. The lowest BCUT2D eigenvalue weighted by atomic mass is 10.1. The molecule has 0 saturated heterocycles. The van der Waals surface area contributed by atoms with E-state index < -0.39 is 0 Å². The highest BCUT2D eigenvalue weighted by Gasteiger charge is 2.28. The molecule has 0 aromatic carbocycles. The summed E-state index contributed by atoms with van der Waals surface area (Å²) in [5.41, 5.74) is 5.72. The largest absolute Gasteiger partial charge is 0.476 e. The molecule has 1 aliphatic rings. The second kappa shape index (κ2) is 12.0. The maximum Gasteiger partial charge on any atom is 0.240 e. The minimum atomic E-state index is -0.232. The molecule has 12 nitrogen and oxygen atoms in total. The number of aliphatic hydroxyl groups is 1. The van der Waals surface area contributed by atoms with Crippen molar-refractivity contribution in [2.45, 2.75) is 65.9 Å². The average Bonchev–Trinajstić information content (AvgIpc) is 3.61. The summed E-state index contributed by atoms with van der Waals surface area (Å²) in [6.07, 6.45) is 5.79. The van der Waals surface area contributed by atoms with Crippen LogP contribution in [0.2, 0.25) is 0 Å². The number of aromatic amines is 1. The molecule has 0 radical (unpaired) electrons. The standard InChI is InChI=1S/C29H40N8O4/c1-8-40-28-21-9-10-23-22-11-20(12-30-27(22)32-31-23)26-24(16-39-7)33-35(6)29(26)41-15-19(5)36(17(2)3)13-25(21)37(34-28)18(4)14-38/h9-12,17-19,38H,8,13-16H2,1-7H3,(H,30,31,32)/b10-9+. The number of pyridine rings is 1. The first-order chi connectivity index (χ1) is 19.8. The van der Waals surface area contributed by atoms with Gasteiger partial charge in [0.1, 0.15) is 6.61 Å². The van der Waals surface area contributed by atoms with Gasteiger partial charge in [0.2, 0.25) is 11.8 Å². The molecule has 4 aromatic heterocycles. The zero-order chi connectivity index (χ0) is 29.3. The SMILES string of the molecule is CCOc1nn(C(C)CO)c2c1/C=C/c1[nH]nc3ncc(cc13)-c1c(COC)nn(C)c1OCC(C)N(C(C)C)C2. The smallest absolute Gasteiger partial charge is 0.240 e. The minimum Gasteiger partial charge on any atom is -0.476 e. The molecule has 0 spiro atoms. The normalized spacial score (nSPS) is 17.6. The number of fused-ring (bicyclic) bond motifs is 4. The lowest BCUT2D eigenvalue weighted by Gasteiger charge is -2.33. The number of nitrogens with zero attached hydrogens (tertiary/aromatic N) is 7. The van der Waals surface area contributed by atoms with Crippen LogP contribution < -0.4 is 9.47 Å². The van der Waals surface area contributed by atoms with Crippen LogP contribution in [0, 0.1) is 0 Å². The van der Waals surface area contributed by atoms with Gasteiger partial charge in [0.05, 0.1) is 54.1 Å². The van der Waals surface area contributed by atoms with Gasteiger partial charge in [0, 0.05) is 49.9 Å². The summed E-state index contributed by atoms with van der Waals surface area (Å²) < 4.78 is 21.7. The number of nitrogens with one attached hydrogen (secondary N) is 1. The number of rotatable bonds is 7. The molecule has 0 amide bonds. The number of aromatic nitrogens is 7. The van der Waals surface area contributed by atoms with E-state index in [1.165, 1.54) is 0 Å². The average molecular weight is 565 g/mol. The number of aliphatic hydroxyl groups excluding tert-OH is 1. The molecule has 1 aliphatic heterocycles. The highest BCUT2D eigenvalue weighted by atomic mass is 16.5. The van der Waals surface area contributed by atoms with Gasteiger partial charge in [0.25, 0.3) is 0 Å². The lowest BCUT2D eigenvalue weighted by molar-refractivity contribution is 0.100. The fourth-order valence-electron chi connectivity index (χ4n) is 5.39. The van der Waals surface area contributed by atoms with Crippen LogP contribution in [0.15, 0.2) is 12.3 Å². The Morgan fingerprint density at radius 1 is 1.22 bits per heavy atom. The fraction of sp³-hybridized carbons (Fsp3) is 0.517. The molecule has 5 rings (SSSR count). The first-order valence-electron chi connectivity index (χ1n) is 14.1. The van der Waals surface area contributed by atoms with Gasteiger partial charge in [-0.1, -0.05) is 0 Å². The van der Waals surface area contributed by atoms with Crippen LogP contribution in [0.4, 0.5) is 0 Å². The van der Waals surface area contributed by atoms with E-state index in [-0.39, 0.29) is 24.7 Å². The lowest BCUT2D eigenvalue weighted by Crippen LogP contribution is -2.42. The second-order valence-electron chi connectivity index (χ2n) is 10.8. The highest BCUT2D eigenvalue weighted by Crippen LogP contribution is 2.36. The molecule has 220 valence electrons. The van der Waals surface area contributed by atoms with Crippen LogP contribution in [0.1, 0.15) is 63.3 Å². The fourth-order valence-corrected chi connectivity index (χ4v) is 5.39. The van der Waals surface area contributed by atoms with Crippen molar-refractivity contribution in [3.63, 3.8) is 0 Å². The van der Waals surface area contributed by atoms with Gasteiger partial charge >= 0.3 is 0 Å². The molecular formula is C29H40N8O4. The molecule has 2 bridgehead atoms. The quantitative estimate of drug-likeness (QED) is 0.344. The first-order valence-corrected chi connectivity index (χ1v) is 14.1. The Balaban J connectivity index is 1.74. The van der Waals surface area contributed by atoms with Crippen molar-refractivity contribution >= 4 is 23.2 Å². The number of aryl methyl sites for hydroxylation is 1. The van der Waals surface area contributed by atoms with Gasteiger partial charge in [-0.2, -0.15) is 10.2 Å². The third-order valence-corrected chi connectivity index (χ3v) is 7.49. The van der Waals surface area contributed by atoms with Gasteiger partial charge in [-0.25, -0.2) is 9.67 Å². The Hall–Kier alpha value is -3.74. The molecule has 0 aliphatic carbocycles. The van der Waals surface area contributed by atoms with E-state index in [0.717, 1.165) is 39.2 Å². The van der Waals surface area contributed by atoms with Gasteiger partial charge in [-0.05, 0) is 52.8 Å². The summed E-state index contributed by atoms with van der Waals surface area (Å²) in [6, 6.07) is 2.06. The van der Waals surface area contributed by atoms with E-state index >= 15 is 0 Å². The van der Waals surface area contributed by atoms with Crippen molar-refractivity contribution in [3.05, 3.63) is 34.9 Å². The Bertz CT molecular complexity index is 1540. The van der Waals surface area contributed by atoms with Crippen molar-refractivity contribution in [2.24, 2.45) is 7.05 Å². The zero-order valence-electron chi connectivity index (χ0n) is 24.9. The molecule has 41 heavy (non-hydrogen) atoms. The van der Waals surface area contributed by atoms with Crippen molar-refractivity contribution in [2.75, 3.05) is 26.9 Å². The minimum absolute atomic E-state index is 0.0337. The maximum atomic E-state index is 10.1. The van der Waals surface area contributed by atoms with Crippen LogP contribution >= 0.6 is 0 Å². The van der Waals surface area contributed by atoms with E-state index in [2.05, 4.69) is 46.9 Å². The van der Waals surface area contributed by atoms with Crippen molar-refractivity contribution in [1.29, 1.82) is 0 Å². The number of H-pyrrole nitrogens is 1. The highest BCUT2D eigenvalue weighted by molar-refractivity contribution is 5.91. The Labute approximate surface area is 239 Å². The summed E-state index contributed by atoms with van der Waals surface area (Å²) in [6.45, 7) is 12.2. The van der Waals surface area contributed by atoms with Crippen molar-refractivity contribution in [3.8, 4) is 22.9 Å². The van der Waals surface area contributed by atoms with E-state index in [4.69, 9.17) is 24.4 Å². The monoisotopic (exact) mass is 564 g/mol. The molecular weight excluding hydrogens is 524 g/mol. The Kier molecular flexibility index (Phi) is 8.43. The molecule has 4 aromatic rings. The molecule has 5 heterocycles. The summed E-state index contributed by atoms with van der Waals surface area (Å²) in [7, 11) is 3.54. The molecule has 0 fully saturated rings. The summed E-state index contributed by atoms with van der Waals surface area (Å²) in [4.78, 5) is 7.01. The van der Waals surface area contributed by atoms with Crippen molar-refractivity contribution < 1.29 is 19.3 Å². The summed E-state index contributed by atoms with van der Waals surface area (Å²) in [5, 5.41) is 28.0. The second-order valence-corrected chi connectivity index (χ2v) is 10.8. The van der Waals surface area contributed by atoms with Gasteiger partial charge < -0.3 is 19.3 Å². The summed E-state index contributed by atoms with van der Waals surface area (Å²) in [5.74, 6) is 1.18. The number of ether oxygens (including phenoxy) is 3. The number of hydrogen-bond donors (Lipinski definition) is 2. The summed E-state index contributed by atoms with van der Waals surface area (Å²) >= 11 is 0. The van der Waals surface area contributed by atoms with Gasteiger partial charge in [-0.3, -0.25) is 14.7 Å². The van der Waals surface area contributed by atoms with E-state index in [1.807, 2.05) is 37.7 Å². The van der Waals surface area contributed by atoms with Crippen LogP contribution in [0.25, 0.3) is 34.3 Å². The molecule has 2 N–H and O–H groups in total. The topological polar surface area (TPSA) is 128 Å². The molecule has 2 unspecified atom stereocenters. The number of methoxy groups -OCH3 is 1. The first kappa shape index (κ1) is 28.8. The van der Waals surface area contributed by atoms with E-state index in [9.17, 15) is 5.11 Å². The predicted octanol–water partition coefficient (Wildman–Crippen LogP) is 3.82. The van der Waals surface area contributed by atoms with E-state index in [0.29, 0.717) is 43.8 Å².